The first-order chi connectivity index (χ1) is 12.6. The van der Waals surface area contributed by atoms with E-state index in [9.17, 15) is 9.59 Å². The molecule has 2 N–H and O–H groups in total. The number of nitrogens with one attached hydrogen (secondary N) is 2. The van der Waals surface area contributed by atoms with Crippen LogP contribution in [0.15, 0.2) is 42.5 Å². The number of ether oxygens (including phenoxy) is 1. The second kappa shape index (κ2) is 7.97. The highest BCUT2D eigenvalue weighted by molar-refractivity contribution is 7.22. The van der Waals surface area contributed by atoms with Crippen LogP contribution in [0.2, 0.25) is 0 Å². The minimum Gasteiger partial charge on any atom is -0.496 e. The van der Waals surface area contributed by atoms with E-state index < -0.39 is 0 Å². The van der Waals surface area contributed by atoms with Crippen molar-refractivity contribution >= 4 is 38.5 Å². The normalized spacial score (nSPS) is 10.5. The Morgan fingerprint density at radius 3 is 2.77 bits per heavy atom. The fourth-order valence-electron chi connectivity index (χ4n) is 2.59. The SMILES string of the molecule is COc1ccccc1CCNC(=O)c1ccc2nc(NC(C)=O)sc2c1. The van der Waals surface area contributed by atoms with Gasteiger partial charge in [-0.05, 0) is 36.2 Å². The Morgan fingerprint density at radius 1 is 1.19 bits per heavy atom. The van der Waals surface area contributed by atoms with E-state index in [-0.39, 0.29) is 11.8 Å². The van der Waals surface area contributed by atoms with Crippen molar-refractivity contribution in [2.45, 2.75) is 13.3 Å². The van der Waals surface area contributed by atoms with Gasteiger partial charge in [0.1, 0.15) is 5.75 Å². The number of benzene rings is 2. The molecule has 0 atom stereocenters. The Labute approximate surface area is 155 Å². The van der Waals surface area contributed by atoms with Gasteiger partial charge < -0.3 is 15.4 Å². The lowest BCUT2D eigenvalue weighted by Gasteiger charge is -2.09. The third-order valence-electron chi connectivity index (χ3n) is 3.81. The number of methoxy groups -OCH3 is 1. The average Bonchev–Trinajstić information content (AvgIpc) is 3.02. The average molecular weight is 369 g/mol. The number of hydrogen-bond acceptors (Lipinski definition) is 5. The van der Waals surface area contributed by atoms with Gasteiger partial charge in [0.15, 0.2) is 5.13 Å². The van der Waals surface area contributed by atoms with E-state index in [4.69, 9.17) is 4.74 Å². The molecule has 0 radical (unpaired) electrons. The summed E-state index contributed by atoms with van der Waals surface area (Å²) < 4.78 is 6.17. The van der Waals surface area contributed by atoms with Crippen molar-refractivity contribution < 1.29 is 14.3 Å². The molecule has 7 heteroatoms. The van der Waals surface area contributed by atoms with Crippen molar-refractivity contribution in [3.63, 3.8) is 0 Å². The largest absolute Gasteiger partial charge is 0.496 e. The summed E-state index contributed by atoms with van der Waals surface area (Å²) in [5.41, 5.74) is 2.37. The van der Waals surface area contributed by atoms with Gasteiger partial charge in [0.2, 0.25) is 5.91 Å². The van der Waals surface area contributed by atoms with Crippen LogP contribution in [0.1, 0.15) is 22.8 Å². The van der Waals surface area contributed by atoms with E-state index in [1.165, 1.54) is 18.3 Å². The summed E-state index contributed by atoms with van der Waals surface area (Å²) in [6.45, 7) is 1.95. The molecule has 3 aromatic rings. The first-order valence-electron chi connectivity index (χ1n) is 8.15. The van der Waals surface area contributed by atoms with E-state index in [0.29, 0.717) is 23.7 Å². The molecule has 0 spiro atoms. The smallest absolute Gasteiger partial charge is 0.251 e. The van der Waals surface area contributed by atoms with Gasteiger partial charge >= 0.3 is 0 Å². The topological polar surface area (TPSA) is 80.3 Å². The molecule has 26 heavy (non-hydrogen) atoms. The molecule has 1 heterocycles. The highest BCUT2D eigenvalue weighted by atomic mass is 32.1. The predicted molar refractivity (Wildman–Crippen MR) is 103 cm³/mol. The van der Waals surface area contributed by atoms with Crippen LogP contribution in [0.4, 0.5) is 5.13 Å². The fraction of sp³-hybridized carbons (Fsp3) is 0.211. The highest BCUT2D eigenvalue weighted by Crippen LogP contribution is 2.26. The molecule has 2 aromatic carbocycles. The molecular formula is C19H19N3O3S. The Hall–Kier alpha value is -2.93. The minimum atomic E-state index is -0.168. The Kier molecular flexibility index (Phi) is 5.48. The molecule has 3 rings (SSSR count). The van der Waals surface area contributed by atoms with Crippen LogP contribution in [0, 0.1) is 0 Å². The summed E-state index contributed by atoms with van der Waals surface area (Å²) >= 11 is 1.34. The number of amides is 2. The van der Waals surface area contributed by atoms with Crippen LogP contribution in [-0.4, -0.2) is 30.5 Å². The fourth-order valence-corrected chi connectivity index (χ4v) is 3.54. The van der Waals surface area contributed by atoms with E-state index in [1.54, 1.807) is 25.3 Å². The van der Waals surface area contributed by atoms with Crippen molar-refractivity contribution in [2.24, 2.45) is 0 Å². The van der Waals surface area contributed by atoms with Gasteiger partial charge in [0.05, 0.1) is 17.3 Å². The van der Waals surface area contributed by atoms with Crippen LogP contribution >= 0.6 is 11.3 Å². The summed E-state index contributed by atoms with van der Waals surface area (Å²) in [5.74, 6) is 0.507. The van der Waals surface area contributed by atoms with Gasteiger partial charge in [0.25, 0.3) is 5.91 Å². The van der Waals surface area contributed by atoms with Crippen LogP contribution < -0.4 is 15.4 Å². The van der Waals surface area contributed by atoms with Crippen molar-refractivity contribution in [3.8, 4) is 5.75 Å². The van der Waals surface area contributed by atoms with Crippen LogP contribution in [0.25, 0.3) is 10.2 Å². The summed E-state index contributed by atoms with van der Waals surface area (Å²) in [4.78, 5) is 27.8. The maximum Gasteiger partial charge on any atom is 0.251 e. The lowest BCUT2D eigenvalue weighted by Crippen LogP contribution is -2.25. The molecule has 0 bridgehead atoms. The number of anilines is 1. The minimum absolute atomic E-state index is 0.142. The van der Waals surface area contributed by atoms with Gasteiger partial charge in [-0.2, -0.15) is 0 Å². The maximum absolute atomic E-state index is 12.4. The molecule has 0 aliphatic carbocycles. The Bertz CT molecular complexity index is 952. The number of carbonyl (C=O) groups is 2. The zero-order chi connectivity index (χ0) is 18.5. The molecule has 6 nitrogen and oxygen atoms in total. The number of carbonyl (C=O) groups excluding carboxylic acids is 2. The van der Waals surface area contributed by atoms with Crippen molar-refractivity contribution in [1.82, 2.24) is 10.3 Å². The molecule has 0 fully saturated rings. The summed E-state index contributed by atoms with van der Waals surface area (Å²) in [5, 5.41) is 6.11. The number of aromatic nitrogens is 1. The molecule has 0 unspecified atom stereocenters. The second-order valence-corrected chi connectivity index (χ2v) is 6.73. The number of hydrogen-bond donors (Lipinski definition) is 2. The van der Waals surface area contributed by atoms with E-state index in [0.717, 1.165) is 21.5 Å². The van der Waals surface area contributed by atoms with Crippen molar-refractivity contribution in [3.05, 3.63) is 53.6 Å². The second-order valence-electron chi connectivity index (χ2n) is 5.70. The maximum atomic E-state index is 12.4. The molecule has 0 saturated carbocycles. The lowest BCUT2D eigenvalue weighted by atomic mass is 10.1. The highest BCUT2D eigenvalue weighted by Gasteiger charge is 2.10. The zero-order valence-corrected chi connectivity index (χ0v) is 15.4. The number of rotatable bonds is 6. The zero-order valence-electron chi connectivity index (χ0n) is 14.5. The van der Waals surface area contributed by atoms with E-state index in [1.807, 2.05) is 24.3 Å². The van der Waals surface area contributed by atoms with Crippen LogP contribution in [0.3, 0.4) is 0 Å². The van der Waals surface area contributed by atoms with Gasteiger partial charge in [-0.3, -0.25) is 9.59 Å². The summed E-state index contributed by atoms with van der Waals surface area (Å²) in [6.07, 6.45) is 0.686. The van der Waals surface area contributed by atoms with Crippen LogP contribution in [0.5, 0.6) is 5.75 Å². The van der Waals surface area contributed by atoms with Gasteiger partial charge in [-0.1, -0.05) is 29.5 Å². The predicted octanol–water partition coefficient (Wildman–Crippen LogP) is 3.24. The third kappa shape index (κ3) is 4.18. The Morgan fingerprint density at radius 2 is 2.00 bits per heavy atom. The Balaban J connectivity index is 1.65. The molecule has 134 valence electrons. The number of nitrogens with zero attached hydrogens (tertiary/aromatic N) is 1. The van der Waals surface area contributed by atoms with Gasteiger partial charge in [-0.15, -0.1) is 0 Å². The number of thiazole rings is 1. The summed E-state index contributed by atoms with van der Waals surface area (Å²) in [6, 6.07) is 13.1. The standard InChI is InChI=1S/C19H19N3O3S/c1-12(23)21-19-22-15-8-7-14(11-17(15)26-19)18(24)20-10-9-13-5-3-4-6-16(13)25-2/h3-8,11H,9-10H2,1-2H3,(H,20,24)(H,21,22,23). The monoisotopic (exact) mass is 369 g/mol. The van der Waals surface area contributed by atoms with Crippen molar-refractivity contribution in [1.29, 1.82) is 0 Å². The third-order valence-corrected chi connectivity index (χ3v) is 4.74. The van der Waals surface area contributed by atoms with E-state index >= 15 is 0 Å². The van der Waals surface area contributed by atoms with Gasteiger partial charge in [0, 0.05) is 19.0 Å². The quantitative estimate of drug-likeness (QED) is 0.699. The number of para-hydroxylation sites is 1. The number of fused-ring (bicyclic) bond motifs is 1. The van der Waals surface area contributed by atoms with Gasteiger partial charge in [-0.25, -0.2) is 4.98 Å². The molecular weight excluding hydrogens is 350 g/mol. The molecule has 0 aliphatic heterocycles. The molecule has 0 saturated heterocycles. The lowest BCUT2D eigenvalue weighted by molar-refractivity contribution is -0.114. The van der Waals surface area contributed by atoms with E-state index in [2.05, 4.69) is 15.6 Å². The molecule has 0 aliphatic rings. The molecule has 2 amide bonds. The summed E-state index contributed by atoms with van der Waals surface area (Å²) in [7, 11) is 1.64. The first kappa shape index (κ1) is 17.9. The molecule has 1 aromatic heterocycles. The van der Waals surface area contributed by atoms with Crippen molar-refractivity contribution in [2.75, 3.05) is 19.0 Å². The van der Waals surface area contributed by atoms with Crippen LogP contribution in [-0.2, 0) is 11.2 Å². The first-order valence-corrected chi connectivity index (χ1v) is 8.97.